The van der Waals surface area contributed by atoms with Crippen molar-refractivity contribution in [2.24, 2.45) is 0 Å². The van der Waals surface area contributed by atoms with Crippen LogP contribution in [0.3, 0.4) is 0 Å². The van der Waals surface area contributed by atoms with Crippen molar-refractivity contribution in [1.29, 1.82) is 0 Å². The van der Waals surface area contributed by atoms with E-state index in [1.54, 1.807) is 18.2 Å². The molecule has 10 heteroatoms. The lowest BCUT2D eigenvalue weighted by Crippen LogP contribution is -2.47. The molecule has 0 aliphatic carbocycles. The molecule has 34 heavy (non-hydrogen) atoms. The molecule has 3 heterocycles. The number of nitrogens with zero attached hydrogens (tertiary/aromatic N) is 3. The van der Waals surface area contributed by atoms with Gasteiger partial charge in [-0.25, -0.2) is 0 Å². The largest absolute Gasteiger partial charge is 0.435 e. The molecule has 1 aromatic heterocycles. The van der Waals surface area contributed by atoms with Gasteiger partial charge in [0.15, 0.2) is 5.69 Å². The molecule has 2 aliphatic rings. The minimum absolute atomic E-state index is 0.203. The summed E-state index contributed by atoms with van der Waals surface area (Å²) in [6.45, 7) is 0. The number of carbonyl (C=O) groups excluding carboxylic acids is 1. The number of halogens is 2. The van der Waals surface area contributed by atoms with Crippen LogP contribution in [0.1, 0.15) is 11.1 Å². The summed E-state index contributed by atoms with van der Waals surface area (Å²) in [5.41, 5.74) is 2.53. The fourth-order valence-electron chi connectivity index (χ4n) is 3.96. The first-order valence-corrected chi connectivity index (χ1v) is 12.1. The zero-order valence-electron chi connectivity index (χ0n) is 17.4. The van der Waals surface area contributed by atoms with E-state index in [1.165, 1.54) is 11.8 Å². The van der Waals surface area contributed by atoms with Crippen molar-refractivity contribution in [1.82, 2.24) is 15.2 Å². The van der Waals surface area contributed by atoms with Crippen LogP contribution in [0.25, 0.3) is 11.3 Å². The molecule has 0 saturated carbocycles. The molecule has 2 N–H and O–H groups in total. The normalized spacial score (nSPS) is 17.6. The van der Waals surface area contributed by atoms with Gasteiger partial charge in [-0.05, 0) is 42.0 Å². The molecule has 0 fully saturated rings. The summed E-state index contributed by atoms with van der Waals surface area (Å²) >= 11 is 13.7. The predicted octanol–water partition coefficient (Wildman–Crippen LogP) is 5.75. The van der Waals surface area contributed by atoms with Crippen LogP contribution in [0.2, 0.25) is 10.0 Å². The van der Waals surface area contributed by atoms with Gasteiger partial charge < -0.3 is 15.4 Å². The Bertz CT molecular complexity index is 1450. The van der Waals surface area contributed by atoms with Crippen molar-refractivity contribution >= 4 is 52.2 Å². The number of amides is 1. The quantitative estimate of drug-likeness (QED) is 0.341. The van der Waals surface area contributed by atoms with E-state index >= 15 is 0 Å². The van der Waals surface area contributed by atoms with E-state index in [2.05, 4.69) is 25.8 Å². The van der Waals surface area contributed by atoms with Crippen molar-refractivity contribution in [2.75, 3.05) is 10.6 Å². The van der Waals surface area contributed by atoms with Gasteiger partial charge in [0, 0.05) is 27.0 Å². The summed E-state index contributed by atoms with van der Waals surface area (Å²) < 4.78 is 6.36. The van der Waals surface area contributed by atoms with Crippen LogP contribution in [0, 0.1) is 0 Å². The first-order chi connectivity index (χ1) is 16.5. The number of carbonyl (C=O) groups is 1. The molecule has 0 unspecified atom stereocenters. The van der Waals surface area contributed by atoms with Crippen molar-refractivity contribution in [2.45, 2.75) is 16.6 Å². The summed E-state index contributed by atoms with van der Waals surface area (Å²) in [5.74, 6) is 0.451. The topological polar surface area (TPSA) is 89.0 Å². The first-order valence-electron chi connectivity index (χ1n) is 10.3. The highest BCUT2D eigenvalue weighted by atomic mass is 35.5. The number of hydrogen-bond donors (Lipinski definition) is 2. The Morgan fingerprint density at radius 2 is 1.74 bits per heavy atom. The van der Waals surface area contributed by atoms with Crippen LogP contribution < -0.4 is 15.4 Å². The highest BCUT2D eigenvalue weighted by molar-refractivity contribution is 7.98. The number of ether oxygens (including phenoxy) is 1. The van der Waals surface area contributed by atoms with E-state index in [9.17, 15) is 4.79 Å². The molecule has 1 atom stereocenters. The van der Waals surface area contributed by atoms with Crippen LogP contribution in [0.5, 0.6) is 5.88 Å². The first kappa shape index (κ1) is 21.2. The molecular weight excluding hydrogens is 493 g/mol. The van der Waals surface area contributed by atoms with Gasteiger partial charge in [0.2, 0.25) is 11.0 Å². The number of hydrogen-bond acceptors (Lipinski definition) is 7. The van der Waals surface area contributed by atoms with Crippen LogP contribution in [0.15, 0.2) is 71.9 Å². The molecule has 3 aromatic carbocycles. The number of anilines is 2. The molecule has 0 radical (unpaired) electrons. The lowest BCUT2D eigenvalue weighted by molar-refractivity contribution is -0.128. The van der Waals surface area contributed by atoms with Gasteiger partial charge in [-0.2, -0.15) is 4.98 Å². The number of aromatic nitrogens is 3. The van der Waals surface area contributed by atoms with Crippen molar-refractivity contribution in [3.8, 4) is 17.1 Å². The van der Waals surface area contributed by atoms with Gasteiger partial charge in [0.25, 0.3) is 11.6 Å². The number of thioether (sulfide) groups is 1. The van der Waals surface area contributed by atoms with Gasteiger partial charge in [-0.1, -0.05) is 65.3 Å². The maximum atomic E-state index is 13.3. The standard InChI is InChI=1S/C24H15Cl2N5O2S/c25-14-7-5-13(6-8-14)12-34-23-28-21-20(30-31-23)16-3-1-2-4-18(16)29-24(33-21)17-11-15(26)9-10-19(17)27-22(24)32/h1-11,29H,12H2,(H,27,32)/t24-/m1/s1. The number of para-hydroxylation sites is 1. The van der Waals surface area contributed by atoms with Gasteiger partial charge >= 0.3 is 0 Å². The van der Waals surface area contributed by atoms with E-state index in [0.717, 1.165) is 11.1 Å². The summed E-state index contributed by atoms with van der Waals surface area (Å²) in [4.78, 5) is 17.9. The highest BCUT2D eigenvalue weighted by Crippen LogP contribution is 2.47. The Labute approximate surface area is 208 Å². The minimum Gasteiger partial charge on any atom is -0.435 e. The number of nitrogens with one attached hydrogen (secondary N) is 2. The Morgan fingerprint density at radius 1 is 0.941 bits per heavy atom. The molecule has 168 valence electrons. The van der Waals surface area contributed by atoms with Crippen LogP contribution >= 0.6 is 35.0 Å². The van der Waals surface area contributed by atoms with Gasteiger partial charge in [-0.3, -0.25) is 4.79 Å². The summed E-state index contributed by atoms with van der Waals surface area (Å²) in [5, 5.41) is 16.5. The monoisotopic (exact) mass is 507 g/mol. The lowest BCUT2D eigenvalue weighted by Gasteiger charge is -2.28. The van der Waals surface area contributed by atoms with Crippen LogP contribution in [-0.4, -0.2) is 21.1 Å². The van der Waals surface area contributed by atoms with E-state index in [0.29, 0.717) is 43.6 Å². The Morgan fingerprint density at radius 3 is 2.59 bits per heavy atom. The molecule has 1 amide bonds. The van der Waals surface area contributed by atoms with Crippen LogP contribution in [0.4, 0.5) is 11.4 Å². The van der Waals surface area contributed by atoms with E-state index in [1.807, 2.05) is 48.5 Å². The number of fused-ring (bicyclic) bond motifs is 5. The van der Waals surface area contributed by atoms with E-state index < -0.39 is 5.72 Å². The molecule has 0 bridgehead atoms. The fraction of sp³-hybridized carbons (Fsp3) is 0.0833. The Balaban J connectivity index is 1.44. The third-order valence-corrected chi connectivity index (χ3v) is 6.98. The SMILES string of the molecule is O=C1Nc2ccc(Cl)cc2[C@]12Nc1ccccc1-c1nnc(SCc3ccc(Cl)cc3)nc1O2. The van der Waals surface area contributed by atoms with Crippen molar-refractivity contribution in [3.05, 3.63) is 87.9 Å². The van der Waals surface area contributed by atoms with Crippen molar-refractivity contribution < 1.29 is 9.53 Å². The smallest absolute Gasteiger partial charge is 0.295 e. The third kappa shape index (κ3) is 3.55. The molecule has 6 rings (SSSR count). The molecule has 7 nitrogen and oxygen atoms in total. The maximum absolute atomic E-state index is 13.3. The Hall–Kier alpha value is -3.33. The maximum Gasteiger partial charge on any atom is 0.295 e. The second-order valence-corrected chi connectivity index (χ2v) is 9.58. The van der Waals surface area contributed by atoms with Crippen molar-refractivity contribution in [3.63, 3.8) is 0 Å². The average molecular weight is 508 g/mol. The lowest BCUT2D eigenvalue weighted by atomic mass is 10.0. The highest BCUT2D eigenvalue weighted by Gasteiger charge is 2.52. The number of benzene rings is 3. The zero-order chi connectivity index (χ0) is 23.3. The minimum atomic E-state index is -1.56. The molecule has 2 aliphatic heterocycles. The van der Waals surface area contributed by atoms with Gasteiger partial charge in [-0.15, -0.1) is 10.2 Å². The second-order valence-electron chi connectivity index (χ2n) is 7.76. The third-order valence-electron chi connectivity index (χ3n) is 5.59. The molecule has 1 spiro atoms. The summed E-state index contributed by atoms with van der Waals surface area (Å²) in [6.07, 6.45) is 0. The zero-order valence-corrected chi connectivity index (χ0v) is 19.7. The Kier molecular flexibility index (Phi) is 5.09. The second kappa shape index (κ2) is 8.16. The van der Waals surface area contributed by atoms with Crippen LogP contribution in [-0.2, 0) is 16.3 Å². The van der Waals surface area contributed by atoms with E-state index in [-0.39, 0.29) is 11.8 Å². The van der Waals surface area contributed by atoms with E-state index in [4.69, 9.17) is 27.9 Å². The predicted molar refractivity (Wildman–Crippen MR) is 132 cm³/mol. The summed E-state index contributed by atoms with van der Waals surface area (Å²) in [7, 11) is 0. The van der Waals surface area contributed by atoms with Gasteiger partial charge in [0.1, 0.15) is 0 Å². The molecular formula is C24H15Cl2N5O2S. The number of rotatable bonds is 3. The molecule has 0 saturated heterocycles. The average Bonchev–Trinajstić information content (AvgIpc) is 3.00. The van der Waals surface area contributed by atoms with Gasteiger partial charge in [0.05, 0.1) is 11.3 Å². The fourth-order valence-corrected chi connectivity index (χ4v) is 4.99. The summed E-state index contributed by atoms with van der Waals surface area (Å²) in [6, 6.07) is 20.2. The molecule has 4 aromatic rings.